The van der Waals surface area contributed by atoms with Crippen LogP contribution in [0.15, 0.2) is 17.5 Å². The van der Waals surface area contributed by atoms with Gasteiger partial charge in [-0.25, -0.2) is 0 Å². The van der Waals surface area contributed by atoms with Gasteiger partial charge in [-0.3, -0.25) is 4.79 Å². The molecule has 0 aliphatic carbocycles. The van der Waals surface area contributed by atoms with Crippen molar-refractivity contribution in [3.8, 4) is 0 Å². The van der Waals surface area contributed by atoms with Gasteiger partial charge in [0.15, 0.2) is 0 Å². The van der Waals surface area contributed by atoms with Crippen LogP contribution < -0.4 is 5.32 Å². The topological polar surface area (TPSA) is 49.3 Å². The summed E-state index contributed by atoms with van der Waals surface area (Å²) in [6.45, 7) is 2.57. The first-order chi connectivity index (χ1) is 7.72. The Hall–Kier alpha value is -0.520. The molecule has 1 heterocycles. The highest BCUT2D eigenvalue weighted by Crippen LogP contribution is 2.16. The molecule has 90 valence electrons. The number of thiophene rings is 1. The minimum atomic E-state index is 0.0434. The maximum Gasteiger partial charge on any atom is 0.230 e. The number of amides is 1. The van der Waals surface area contributed by atoms with Crippen molar-refractivity contribution in [2.75, 3.05) is 18.9 Å². The fourth-order valence-corrected chi connectivity index (χ4v) is 2.74. The van der Waals surface area contributed by atoms with Gasteiger partial charge in [0.1, 0.15) is 0 Å². The van der Waals surface area contributed by atoms with Gasteiger partial charge >= 0.3 is 0 Å². The molecule has 1 aromatic rings. The summed E-state index contributed by atoms with van der Waals surface area (Å²) < 4.78 is 0. The molecule has 1 atom stereocenters. The van der Waals surface area contributed by atoms with Gasteiger partial charge in [-0.2, -0.15) is 0 Å². The second-order valence-corrected chi connectivity index (χ2v) is 5.68. The van der Waals surface area contributed by atoms with E-state index in [0.29, 0.717) is 12.3 Å². The van der Waals surface area contributed by atoms with Crippen LogP contribution in [0.5, 0.6) is 0 Å². The van der Waals surface area contributed by atoms with Crippen LogP contribution >= 0.6 is 23.1 Å². The minimum Gasteiger partial charge on any atom is -0.396 e. The van der Waals surface area contributed by atoms with Crippen LogP contribution in [0.2, 0.25) is 0 Å². The maximum absolute atomic E-state index is 11.4. The number of hydrogen-bond acceptors (Lipinski definition) is 4. The minimum absolute atomic E-state index is 0.0434. The SMILES string of the molecule is CC(CO)CNC(=O)CSCc1cccs1. The fraction of sp³-hybridized carbons (Fsp3) is 0.545. The van der Waals surface area contributed by atoms with Crippen LogP contribution in [0.1, 0.15) is 11.8 Å². The lowest BCUT2D eigenvalue weighted by molar-refractivity contribution is -0.118. The predicted octanol–water partition coefficient (Wildman–Crippen LogP) is 1.73. The second-order valence-electron chi connectivity index (χ2n) is 3.66. The largest absolute Gasteiger partial charge is 0.396 e. The molecule has 16 heavy (non-hydrogen) atoms. The highest BCUT2D eigenvalue weighted by molar-refractivity contribution is 7.99. The first kappa shape index (κ1) is 13.5. The molecule has 0 bridgehead atoms. The van der Waals surface area contributed by atoms with Crippen LogP contribution in [0.4, 0.5) is 0 Å². The summed E-state index contributed by atoms with van der Waals surface area (Å²) in [5.41, 5.74) is 0. The molecule has 1 unspecified atom stereocenters. The van der Waals surface area contributed by atoms with Crippen molar-refractivity contribution in [3.05, 3.63) is 22.4 Å². The number of aliphatic hydroxyl groups is 1. The van der Waals surface area contributed by atoms with Gasteiger partial charge in [0.2, 0.25) is 5.91 Å². The molecule has 0 saturated carbocycles. The van der Waals surface area contributed by atoms with E-state index in [-0.39, 0.29) is 18.4 Å². The standard InChI is InChI=1S/C11H17NO2S2/c1-9(6-13)5-12-11(14)8-15-7-10-3-2-4-16-10/h2-4,9,13H,5-8H2,1H3,(H,12,14). The number of carbonyl (C=O) groups is 1. The van der Waals surface area contributed by atoms with E-state index in [1.807, 2.05) is 18.4 Å². The zero-order valence-corrected chi connectivity index (χ0v) is 10.9. The number of aliphatic hydroxyl groups excluding tert-OH is 1. The molecular weight excluding hydrogens is 242 g/mol. The number of thioether (sulfide) groups is 1. The van der Waals surface area contributed by atoms with E-state index >= 15 is 0 Å². The summed E-state index contributed by atoms with van der Waals surface area (Å²) >= 11 is 3.33. The number of hydrogen-bond donors (Lipinski definition) is 2. The van der Waals surface area contributed by atoms with Gasteiger partial charge in [-0.15, -0.1) is 23.1 Å². The average Bonchev–Trinajstić information content (AvgIpc) is 2.79. The lowest BCUT2D eigenvalue weighted by atomic mass is 10.2. The quantitative estimate of drug-likeness (QED) is 0.784. The third kappa shape index (κ3) is 5.53. The summed E-state index contributed by atoms with van der Waals surface area (Å²) in [7, 11) is 0. The van der Waals surface area contributed by atoms with Gasteiger partial charge in [0.25, 0.3) is 0 Å². The molecule has 0 radical (unpaired) electrons. The Kier molecular flexibility index (Phi) is 6.52. The highest BCUT2D eigenvalue weighted by atomic mass is 32.2. The van der Waals surface area contributed by atoms with Crippen molar-refractivity contribution in [1.29, 1.82) is 0 Å². The third-order valence-corrected chi connectivity index (χ3v) is 4.06. The molecule has 1 aromatic heterocycles. The van der Waals surface area contributed by atoms with Gasteiger partial charge in [-0.05, 0) is 17.4 Å². The smallest absolute Gasteiger partial charge is 0.230 e. The lowest BCUT2D eigenvalue weighted by Gasteiger charge is -2.09. The van der Waals surface area contributed by atoms with Crippen molar-refractivity contribution >= 4 is 29.0 Å². The van der Waals surface area contributed by atoms with Crippen molar-refractivity contribution in [2.45, 2.75) is 12.7 Å². The van der Waals surface area contributed by atoms with Crippen molar-refractivity contribution in [1.82, 2.24) is 5.32 Å². The first-order valence-electron chi connectivity index (χ1n) is 5.20. The average molecular weight is 259 g/mol. The monoisotopic (exact) mass is 259 g/mol. The van der Waals surface area contributed by atoms with E-state index in [1.54, 1.807) is 23.1 Å². The Morgan fingerprint density at radius 1 is 1.69 bits per heavy atom. The van der Waals surface area contributed by atoms with E-state index in [9.17, 15) is 4.79 Å². The fourth-order valence-electron chi connectivity index (χ4n) is 1.04. The molecule has 5 heteroatoms. The van der Waals surface area contributed by atoms with Gasteiger partial charge < -0.3 is 10.4 Å². The van der Waals surface area contributed by atoms with E-state index in [1.165, 1.54) is 4.88 Å². The molecule has 1 rings (SSSR count). The molecule has 0 aliphatic rings. The number of rotatable bonds is 7. The van der Waals surface area contributed by atoms with Crippen LogP contribution in [-0.2, 0) is 10.5 Å². The summed E-state index contributed by atoms with van der Waals surface area (Å²) in [4.78, 5) is 12.7. The molecule has 2 N–H and O–H groups in total. The summed E-state index contributed by atoms with van der Waals surface area (Å²) in [6.07, 6.45) is 0. The molecule has 0 spiro atoms. The van der Waals surface area contributed by atoms with Gasteiger partial charge in [-0.1, -0.05) is 13.0 Å². The Morgan fingerprint density at radius 3 is 3.12 bits per heavy atom. The number of carbonyl (C=O) groups excluding carboxylic acids is 1. The summed E-state index contributed by atoms with van der Waals surface area (Å²) in [5.74, 6) is 1.55. The second kappa shape index (κ2) is 7.70. The van der Waals surface area contributed by atoms with Crippen LogP contribution in [0.3, 0.4) is 0 Å². The van der Waals surface area contributed by atoms with E-state index < -0.39 is 0 Å². The number of nitrogens with one attached hydrogen (secondary N) is 1. The normalized spacial score (nSPS) is 12.4. The van der Waals surface area contributed by atoms with Crippen LogP contribution in [0, 0.1) is 5.92 Å². The van der Waals surface area contributed by atoms with E-state index in [2.05, 4.69) is 11.4 Å². The Morgan fingerprint density at radius 2 is 2.50 bits per heavy atom. The Balaban J connectivity index is 2.06. The van der Waals surface area contributed by atoms with Gasteiger partial charge in [0.05, 0.1) is 5.75 Å². The Bertz CT molecular complexity index is 301. The maximum atomic E-state index is 11.4. The first-order valence-corrected chi connectivity index (χ1v) is 7.23. The van der Waals surface area contributed by atoms with Crippen molar-refractivity contribution < 1.29 is 9.90 Å². The highest BCUT2D eigenvalue weighted by Gasteiger charge is 2.04. The molecule has 0 fully saturated rings. The van der Waals surface area contributed by atoms with Crippen LogP contribution in [0.25, 0.3) is 0 Å². The van der Waals surface area contributed by atoms with Crippen molar-refractivity contribution in [2.24, 2.45) is 5.92 Å². The van der Waals surface area contributed by atoms with Crippen molar-refractivity contribution in [3.63, 3.8) is 0 Å². The zero-order valence-electron chi connectivity index (χ0n) is 9.31. The lowest BCUT2D eigenvalue weighted by Crippen LogP contribution is -2.30. The predicted molar refractivity (Wildman–Crippen MR) is 69.7 cm³/mol. The molecular formula is C11H17NO2S2. The Labute approximate surface area is 104 Å². The molecule has 0 aromatic carbocycles. The summed E-state index contributed by atoms with van der Waals surface area (Å²) in [6, 6.07) is 4.09. The zero-order chi connectivity index (χ0) is 11.8. The van der Waals surface area contributed by atoms with E-state index in [4.69, 9.17) is 5.11 Å². The third-order valence-electron chi connectivity index (χ3n) is 2.02. The van der Waals surface area contributed by atoms with Crippen LogP contribution in [-0.4, -0.2) is 29.9 Å². The van der Waals surface area contributed by atoms with E-state index in [0.717, 1.165) is 5.75 Å². The molecule has 3 nitrogen and oxygen atoms in total. The molecule has 0 saturated heterocycles. The molecule has 1 amide bonds. The van der Waals surface area contributed by atoms with Gasteiger partial charge in [0, 0.05) is 23.8 Å². The summed E-state index contributed by atoms with van der Waals surface area (Å²) in [5, 5.41) is 13.6. The molecule has 0 aliphatic heterocycles.